The number of rotatable bonds is 10. The number of hydrogen-bond donors (Lipinski definition) is 0. The molecule has 6 heteroatoms. The molecule has 5 nitrogen and oxygen atoms in total. The normalized spacial score (nSPS) is 10.6. The first-order valence-electron chi connectivity index (χ1n) is 6.25. The summed E-state index contributed by atoms with van der Waals surface area (Å²) in [6.07, 6.45) is 7.87. The van der Waals surface area contributed by atoms with Crippen molar-refractivity contribution in [3.63, 3.8) is 0 Å². The number of hydrogen-bond acceptors (Lipinski definition) is 5. The molecule has 0 aromatic rings. The lowest BCUT2D eigenvalue weighted by atomic mass is 10.4. The van der Waals surface area contributed by atoms with E-state index >= 15 is 0 Å². The lowest BCUT2D eigenvalue weighted by Gasteiger charge is -2.25. The number of ether oxygens (including phenoxy) is 1. The Hall–Kier alpha value is -1.29. The first-order valence-corrected chi connectivity index (χ1v) is 8.18. The van der Waals surface area contributed by atoms with Crippen molar-refractivity contribution >= 4 is 14.8 Å². The molecule has 108 valence electrons. The molecule has 0 aliphatic carbocycles. The maximum Gasteiger partial charge on any atom is 0.574 e. The van der Waals surface area contributed by atoms with Crippen LogP contribution in [0.3, 0.4) is 0 Å². The van der Waals surface area contributed by atoms with Crippen LogP contribution in [0.25, 0.3) is 0 Å². The van der Waals surface area contributed by atoms with E-state index < -0.39 is 14.8 Å². The van der Waals surface area contributed by atoms with Gasteiger partial charge in [0.2, 0.25) is 0 Å². The highest BCUT2D eigenvalue weighted by Crippen LogP contribution is 2.17. The summed E-state index contributed by atoms with van der Waals surface area (Å²) in [6.45, 7) is 9.98. The van der Waals surface area contributed by atoms with Gasteiger partial charge in [-0.2, -0.15) is 0 Å². The maximum absolute atomic E-state index is 11.2. The molecule has 0 fully saturated rings. The zero-order valence-corrected chi connectivity index (χ0v) is 12.9. The second-order valence-corrected chi connectivity index (χ2v) is 6.44. The number of esters is 1. The Morgan fingerprint density at radius 1 is 1.32 bits per heavy atom. The fraction of sp³-hybridized carbons (Fsp3) is 0.615. The number of terminal acetylenes is 1. The van der Waals surface area contributed by atoms with Crippen molar-refractivity contribution in [3.05, 3.63) is 12.2 Å². The van der Waals surface area contributed by atoms with Crippen LogP contribution in [0.5, 0.6) is 0 Å². The maximum atomic E-state index is 11.2. The molecule has 0 unspecified atom stereocenters. The molecule has 0 radical (unpaired) electrons. The zero-order valence-electron chi connectivity index (χ0n) is 11.9. The van der Waals surface area contributed by atoms with Crippen LogP contribution in [-0.4, -0.2) is 34.6 Å². The molecule has 19 heavy (non-hydrogen) atoms. The molecule has 0 aliphatic rings. The SMILES string of the molecule is C#CO[Si](CCCOC(=O)C(=C)C)(OCC)OCC. The van der Waals surface area contributed by atoms with Crippen molar-refractivity contribution in [3.8, 4) is 12.5 Å². The molecular formula is C13H22O5Si. The van der Waals surface area contributed by atoms with E-state index in [-0.39, 0.29) is 6.61 Å². The Morgan fingerprint density at radius 2 is 1.89 bits per heavy atom. The van der Waals surface area contributed by atoms with Gasteiger partial charge in [0.1, 0.15) is 0 Å². The van der Waals surface area contributed by atoms with Crippen LogP contribution in [0, 0.1) is 12.5 Å². The number of carbonyl (C=O) groups excluding carboxylic acids is 1. The molecule has 0 aliphatic heterocycles. The third-order valence-electron chi connectivity index (χ3n) is 2.15. The topological polar surface area (TPSA) is 54.0 Å². The Labute approximate surface area is 116 Å². The van der Waals surface area contributed by atoms with Crippen LogP contribution < -0.4 is 0 Å². The molecule has 0 rings (SSSR count). The van der Waals surface area contributed by atoms with Crippen LogP contribution in [0.15, 0.2) is 12.2 Å². The number of carbonyl (C=O) groups is 1. The van der Waals surface area contributed by atoms with E-state index in [1.165, 1.54) is 0 Å². The van der Waals surface area contributed by atoms with E-state index in [1.807, 2.05) is 13.8 Å². The molecule has 0 amide bonds. The molecule has 0 spiro atoms. The second kappa shape index (κ2) is 9.61. The highest BCUT2D eigenvalue weighted by Gasteiger charge is 2.42. The summed E-state index contributed by atoms with van der Waals surface area (Å²) in [4.78, 5) is 11.2. The van der Waals surface area contributed by atoms with Gasteiger partial charge in [0, 0.05) is 24.8 Å². The van der Waals surface area contributed by atoms with Gasteiger partial charge in [-0.1, -0.05) is 13.0 Å². The van der Waals surface area contributed by atoms with Gasteiger partial charge in [0.05, 0.1) is 12.7 Å². The summed E-state index contributed by atoms with van der Waals surface area (Å²) < 4.78 is 21.3. The summed E-state index contributed by atoms with van der Waals surface area (Å²) in [7, 11) is -2.84. The van der Waals surface area contributed by atoms with Crippen LogP contribution in [0.1, 0.15) is 27.2 Å². The van der Waals surface area contributed by atoms with Crippen LogP contribution in [0.4, 0.5) is 0 Å². The molecule has 0 bridgehead atoms. The van der Waals surface area contributed by atoms with Gasteiger partial charge in [-0.15, -0.1) is 0 Å². The monoisotopic (exact) mass is 286 g/mol. The minimum Gasteiger partial charge on any atom is -0.462 e. The van der Waals surface area contributed by atoms with Crippen molar-refractivity contribution in [2.75, 3.05) is 19.8 Å². The molecule has 0 atom stereocenters. The Morgan fingerprint density at radius 3 is 2.32 bits per heavy atom. The predicted molar refractivity (Wildman–Crippen MR) is 74.1 cm³/mol. The summed E-state index contributed by atoms with van der Waals surface area (Å²) in [5, 5.41) is 0. The average molecular weight is 286 g/mol. The Bertz CT molecular complexity index is 328. The van der Waals surface area contributed by atoms with Crippen LogP contribution in [-0.2, 0) is 22.8 Å². The van der Waals surface area contributed by atoms with Gasteiger partial charge >= 0.3 is 14.8 Å². The van der Waals surface area contributed by atoms with E-state index in [9.17, 15) is 4.79 Å². The quantitative estimate of drug-likeness (QED) is 0.202. The fourth-order valence-electron chi connectivity index (χ4n) is 1.40. The summed E-state index contributed by atoms with van der Waals surface area (Å²) in [6, 6.07) is 0.502. The standard InChI is InChI=1S/C13H22O5Si/c1-6-16-19(17-7-2,18-8-3)11-9-10-15-13(14)12(4)5/h1H,4,7-11H2,2-3,5H3. The fourth-order valence-corrected chi connectivity index (χ4v) is 3.63. The predicted octanol–water partition coefficient (Wildman–Crippen LogP) is 2.12. The molecule has 0 saturated carbocycles. The van der Waals surface area contributed by atoms with E-state index in [1.54, 1.807) is 6.92 Å². The molecule has 0 heterocycles. The summed E-state index contributed by atoms with van der Waals surface area (Å²) >= 11 is 0. The molecule has 0 aromatic heterocycles. The molecule has 0 aromatic carbocycles. The smallest absolute Gasteiger partial charge is 0.462 e. The zero-order chi connectivity index (χ0) is 14.7. The Kier molecular flexibility index (Phi) is 8.96. The van der Waals surface area contributed by atoms with Gasteiger partial charge < -0.3 is 18.0 Å². The highest BCUT2D eigenvalue weighted by atomic mass is 28.4. The first-order chi connectivity index (χ1) is 9.01. The minimum absolute atomic E-state index is 0.258. The second-order valence-electron chi connectivity index (χ2n) is 3.79. The van der Waals surface area contributed by atoms with Crippen molar-refractivity contribution < 1.29 is 22.8 Å². The lowest BCUT2D eigenvalue weighted by Crippen LogP contribution is -2.44. The van der Waals surface area contributed by atoms with Crippen LogP contribution >= 0.6 is 0 Å². The Balaban J connectivity index is 4.29. The van der Waals surface area contributed by atoms with Gasteiger partial charge in [-0.25, -0.2) is 4.79 Å². The third-order valence-corrected chi connectivity index (χ3v) is 5.00. The van der Waals surface area contributed by atoms with Gasteiger partial charge in [0.15, 0.2) is 0 Å². The molecule has 0 N–H and O–H groups in total. The summed E-state index contributed by atoms with van der Waals surface area (Å²) in [5.74, 6) is -0.405. The largest absolute Gasteiger partial charge is 0.574 e. The van der Waals surface area contributed by atoms with Crippen molar-refractivity contribution in [2.45, 2.75) is 33.2 Å². The van der Waals surface area contributed by atoms with Crippen molar-refractivity contribution in [1.82, 2.24) is 0 Å². The van der Waals surface area contributed by atoms with Gasteiger partial charge in [0.25, 0.3) is 0 Å². The van der Waals surface area contributed by atoms with Gasteiger partial charge in [-0.05, 0) is 27.2 Å². The van der Waals surface area contributed by atoms with E-state index in [4.69, 9.17) is 24.4 Å². The third kappa shape index (κ3) is 7.01. The van der Waals surface area contributed by atoms with Crippen LogP contribution in [0.2, 0.25) is 6.04 Å². The van der Waals surface area contributed by atoms with Crippen molar-refractivity contribution in [2.24, 2.45) is 0 Å². The van der Waals surface area contributed by atoms with Crippen molar-refractivity contribution in [1.29, 1.82) is 0 Å². The summed E-state index contributed by atoms with van der Waals surface area (Å²) in [5.41, 5.74) is 0.373. The van der Waals surface area contributed by atoms with E-state index in [2.05, 4.69) is 12.7 Å². The lowest BCUT2D eigenvalue weighted by molar-refractivity contribution is -0.139. The van der Waals surface area contributed by atoms with Gasteiger partial charge in [-0.3, -0.25) is 0 Å². The highest BCUT2D eigenvalue weighted by molar-refractivity contribution is 6.61. The minimum atomic E-state index is -2.84. The molecule has 0 saturated heterocycles. The molecular weight excluding hydrogens is 264 g/mol. The van der Waals surface area contributed by atoms with E-state index in [0.29, 0.717) is 31.3 Å². The average Bonchev–Trinajstić information content (AvgIpc) is 2.35. The first kappa shape index (κ1) is 17.7. The van der Waals surface area contributed by atoms with E-state index in [0.717, 1.165) is 0 Å².